The molecule has 0 aliphatic carbocycles. The van der Waals surface area contributed by atoms with Gasteiger partial charge in [0.15, 0.2) is 0 Å². The third-order valence-electron chi connectivity index (χ3n) is 3.20. The second kappa shape index (κ2) is 6.75. The van der Waals surface area contributed by atoms with E-state index in [2.05, 4.69) is 5.32 Å². The first-order valence-electron chi connectivity index (χ1n) is 6.52. The Morgan fingerprint density at radius 1 is 1.21 bits per heavy atom. The van der Waals surface area contributed by atoms with Gasteiger partial charge >= 0.3 is 6.18 Å². The van der Waals surface area contributed by atoms with E-state index in [1.165, 1.54) is 25.1 Å². The quantitative estimate of drug-likeness (QED) is 0.416. The van der Waals surface area contributed by atoms with Crippen molar-refractivity contribution in [1.82, 2.24) is 0 Å². The zero-order valence-electron chi connectivity index (χ0n) is 12.1. The molecule has 0 fully saturated rings. The molecule has 0 spiro atoms. The summed E-state index contributed by atoms with van der Waals surface area (Å²) in [4.78, 5) is 22.4. The first kappa shape index (κ1) is 18.2. The maximum atomic E-state index is 13.1. The molecule has 2 rings (SSSR count). The highest BCUT2D eigenvalue weighted by Crippen LogP contribution is 2.36. The molecule has 1 N–H and O–H groups in total. The van der Waals surface area contributed by atoms with Crippen LogP contribution in [0.2, 0.25) is 0 Å². The number of alkyl halides is 3. The number of benzene rings is 2. The second-order valence-corrected chi connectivity index (χ2v) is 6.15. The van der Waals surface area contributed by atoms with E-state index in [0.717, 1.165) is 18.2 Å². The molecule has 1 amide bonds. The second-order valence-electron chi connectivity index (χ2n) is 4.90. The van der Waals surface area contributed by atoms with Crippen LogP contribution >= 0.6 is 22.6 Å². The minimum Gasteiger partial charge on any atom is -0.321 e. The molecule has 9 heteroatoms. The Kier molecular flexibility index (Phi) is 5.11. The predicted octanol–water partition coefficient (Wildman–Crippen LogP) is 4.78. The summed E-state index contributed by atoms with van der Waals surface area (Å²) >= 11 is 1.73. The van der Waals surface area contributed by atoms with E-state index < -0.39 is 28.3 Å². The maximum Gasteiger partial charge on any atom is 0.418 e. The van der Waals surface area contributed by atoms with Crippen molar-refractivity contribution in [3.63, 3.8) is 0 Å². The Balaban J connectivity index is 2.38. The summed E-state index contributed by atoms with van der Waals surface area (Å²) in [6, 6.07) is 7.19. The third kappa shape index (κ3) is 4.02. The summed E-state index contributed by atoms with van der Waals surface area (Å²) in [6.07, 6.45) is -4.64. The topological polar surface area (TPSA) is 72.2 Å². The molecular formula is C15H10F3IN2O3. The number of nitrogens with zero attached hydrogens (tertiary/aromatic N) is 1. The molecule has 24 heavy (non-hydrogen) atoms. The van der Waals surface area contributed by atoms with Crippen LogP contribution < -0.4 is 5.32 Å². The van der Waals surface area contributed by atoms with Crippen LogP contribution in [-0.2, 0) is 6.18 Å². The number of anilines is 1. The van der Waals surface area contributed by atoms with E-state index in [-0.39, 0.29) is 11.3 Å². The molecule has 0 aromatic heterocycles. The molecule has 5 nitrogen and oxygen atoms in total. The summed E-state index contributed by atoms with van der Waals surface area (Å²) in [5.41, 5.74) is -1.41. The van der Waals surface area contributed by atoms with E-state index in [4.69, 9.17) is 0 Å². The predicted molar refractivity (Wildman–Crippen MR) is 89.9 cm³/mol. The van der Waals surface area contributed by atoms with Crippen molar-refractivity contribution in [2.45, 2.75) is 13.1 Å². The number of nitrogens with one attached hydrogen (secondary N) is 1. The number of aryl methyl sites for hydroxylation is 1. The van der Waals surface area contributed by atoms with E-state index in [0.29, 0.717) is 9.13 Å². The Hall–Kier alpha value is -2.17. The first-order chi connectivity index (χ1) is 11.1. The van der Waals surface area contributed by atoms with Crippen LogP contribution in [0.15, 0.2) is 36.4 Å². The van der Waals surface area contributed by atoms with Crippen LogP contribution in [0, 0.1) is 20.6 Å². The zero-order valence-corrected chi connectivity index (χ0v) is 14.3. The van der Waals surface area contributed by atoms with Gasteiger partial charge in [-0.15, -0.1) is 0 Å². The van der Waals surface area contributed by atoms with Crippen LogP contribution in [0.5, 0.6) is 0 Å². The van der Waals surface area contributed by atoms with Gasteiger partial charge in [0.2, 0.25) is 0 Å². The van der Waals surface area contributed by atoms with Crippen molar-refractivity contribution in [2.24, 2.45) is 0 Å². The highest BCUT2D eigenvalue weighted by atomic mass is 127. The SMILES string of the molecule is Cc1ccc(C(=O)Nc2ccc(I)cc2C(F)(F)F)cc1[N+](=O)[O-]. The molecule has 2 aromatic rings. The molecule has 0 bridgehead atoms. The number of carbonyl (C=O) groups is 1. The molecule has 0 aliphatic heterocycles. The van der Waals surface area contributed by atoms with E-state index in [9.17, 15) is 28.1 Å². The number of rotatable bonds is 3. The maximum absolute atomic E-state index is 13.1. The lowest BCUT2D eigenvalue weighted by Gasteiger charge is -2.14. The number of carbonyl (C=O) groups excluding carboxylic acids is 1. The average molecular weight is 450 g/mol. The fourth-order valence-electron chi connectivity index (χ4n) is 2.00. The van der Waals surface area contributed by atoms with Crippen molar-refractivity contribution >= 4 is 39.9 Å². The van der Waals surface area contributed by atoms with Gasteiger partial charge in [0.05, 0.1) is 16.2 Å². The Morgan fingerprint density at radius 3 is 2.46 bits per heavy atom. The van der Waals surface area contributed by atoms with Gasteiger partial charge in [-0.05, 0) is 53.8 Å². The van der Waals surface area contributed by atoms with Crippen LogP contribution in [0.1, 0.15) is 21.5 Å². The third-order valence-corrected chi connectivity index (χ3v) is 3.87. The lowest BCUT2D eigenvalue weighted by Crippen LogP contribution is -2.17. The number of halogens is 4. The summed E-state index contributed by atoms with van der Waals surface area (Å²) in [5.74, 6) is -0.857. The molecule has 0 saturated carbocycles. The summed E-state index contributed by atoms with van der Waals surface area (Å²) in [5, 5.41) is 13.1. The van der Waals surface area contributed by atoms with E-state index >= 15 is 0 Å². The average Bonchev–Trinajstić information content (AvgIpc) is 2.48. The van der Waals surface area contributed by atoms with Gasteiger partial charge < -0.3 is 5.32 Å². The lowest BCUT2D eigenvalue weighted by molar-refractivity contribution is -0.385. The van der Waals surface area contributed by atoms with Crippen molar-refractivity contribution < 1.29 is 22.9 Å². The lowest BCUT2D eigenvalue weighted by atomic mass is 10.1. The molecule has 126 valence electrons. The van der Waals surface area contributed by atoms with Crippen LogP contribution in [-0.4, -0.2) is 10.8 Å². The molecule has 0 atom stereocenters. The van der Waals surface area contributed by atoms with Crippen LogP contribution in [0.25, 0.3) is 0 Å². The van der Waals surface area contributed by atoms with Gasteiger partial charge in [-0.3, -0.25) is 14.9 Å². The molecule has 0 radical (unpaired) electrons. The number of nitro groups is 1. The smallest absolute Gasteiger partial charge is 0.321 e. The van der Waals surface area contributed by atoms with Crippen molar-refractivity contribution in [2.75, 3.05) is 5.32 Å². The molecule has 0 heterocycles. The fourth-order valence-corrected chi connectivity index (χ4v) is 2.49. The van der Waals surface area contributed by atoms with Gasteiger partial charge in [-0.25, -0.2) is 0 Å². The monoisotopic (exact) mass is 450 g/mol. The highest BCUT2D eigenvalue weighted by molar-refractivity contribution is 14.1. The minimum atomic E-state index is -4.64. The summed E-state index contributed by atoms with van der Waals surface area (Å²) in [7, 11) is 0. The van der Waals surface area contributed by atoms with Crippen LogP contribution in [0.3, 0.4) is 0 Å². The van der Waals surface area contributed by atoms with Crippen molar-refractivity contribution in [3.05, 3.63) is 66.8 Å². The van der Waals surface area contributed by atoms with Gasteiger partial charge in [0, 0.05) is 20.8 Å². The van der Waals surface area contributed by atoms with Crippen molar-refractivity contribution in [1.29, 1.82) is 0 Å². The molecule has 0 unspecified atom stereocenters. The van der Waals surface area contributed by atoms with Gasteiger partial charge in [0.25, 0.3) is 11.6 Å². The first-order valence-corrected chi connectivity index (χ1v) is 7.60. The van der Waals surface area contributed by atoms with Gasteiger partial charge in [0.1, 0.15) is 0 Å². The largest absolute Gasteiger partial charge is 0.418 e. The zero-order chi connectivity index (χ0) is 18.1. The minimum absolute atomic E-state index is 0.0982. The van der Waals surface area contributed by atoms with Crippen LogP contribution in [0.4, 0.5) is 24.5 Å². The van der Waals surface area contributed by atoms with Gasteiger partial charge in [-0.2, -0.15) is 13.2 Å². The molecule has 2 aromatic carbocycles. The number of hydrogen-bond donors (Lipinski definition) is 1. The van der Waals surface area contributed by atoms with Crippen molar-refractivity contribution in [3.8, 4) is 0 Å². The Morgan fingerprint density at radius 2 is 1.88 bits per heavy atom. The van der Waals surface area contributed by atoms with E-state index in [1.54, 1.807) is 22.6 Å². The number of hydrogen-bond acceptors (Lipinski definition) is 3. The highest BCUT2D eigenvalue weighted by Gasteiger charge is 2.34. The molecule has 0 aliphatic rings. The number of amides is 1. The molecule has 0 saturated heterocycles. The molecular weight excluding hydrogens is 440 g/mol. The fraction of sp³-hybridized carbons (Fsp3) is 0.133. The normalized spacial score (nSPS) is 11.2. The van der Waals surface area contributed by atoms with E-state index in [1.807, 2.05) is 0 Å². The summed E-state index contributed by atoms with van der Waals surface area (Å²) in [6.45, 7) is 1.50. The Labute approximate surface area is 148 Å². The number of nitro benzene ring substituents is 1. The van der Waals surface area contributed by atoms with Gasteiger partial charge in [-0.1, -0.05) is 6.07 Å². The Bertz CT molecular complexity index is 822. The summed E-state index contributed by atoms with van der Waals surface area (Å²) < 4.78 is 39.5. The standard InChI is InChI=1S/C15H10F3IN2O3/c1-8-2-3-9(6-13(8)21(23)24)14(22)20-12-5-4-10(19)7-11(12)15(16,17)18/h2-7H,1H3,(H,20,22).